The average Bonchev–Trinajstić information content (AvgIpc) is 2.13. The van der Waals surface area contributed by atoms with Crippen molar-refractivity contribution in [3.05, 3.63) is 0 Å². The Balaban J connectivity index is 4.33. The van der Waals surface area contributed by atoms with Gasteiger partial charge in [0, 0.05) is 0 Å². The molecule has 0 aliphatic carbocycles. The molecule has 96 valence electrons. The number of hydrogen-bond donors (Lipinski definition) is 0. The standard InChI is InChI=1S/C9H18BrO5P/c1-5-14-16(12,15-6-2)7-13-8(11)9(3,4)10/h5-7H2,1-4H3. The summed E-state index contributed by atoms with van der Waals surface area (Å²) in [5.74, 6) is -0.507. The van der Waals surface area contributed by atoms with E-state index in [0.29, 0.717) is 0 Å². The van der Waals surface area contributed by atoms with Crippen LogP contribution in [0.15, 0.2) is 0 Å². The van der Waals surface area contributed by atoms with Crippen LogP contribution in [-0.2, 0) is 23.1 Å². The predicted molar refractivity (Wildman–Crippen MR) is 64.8 cm³/mol. The highest BCUT2D eigenvalue weighted by Crippen LogP contribution is 2.48. The molecule has 0 N–H and O–H groups in total. The fourth-order valence-electron chi connectivity index (χ4n) is 0.814. The van der Waals surface area contributed by atoms with Crippen LogP contribution in [0.3, 0.4) is 0 Å². The molecule has 0 rings (SSSR count). The molecule has 0 aromatic carbocycles. The molecule has 0 aromatic heterocycles. The van der Waals surface area contributed by atoms with Crippen LogP contribution in [0.1, 0.15) is 27.7 Å². The van der Waals surface area contributed by atoms with Crippen molar-refractivity contribution in [2.75, 3.05) is 19.6 Å². The summed E-state index contributed by atoms with van der Waals surface area (Å²) in [5, 5.41) is 0. The zero-order chi connectivity index (χ0) is 12.8. The summed E-state index contributed by atoms with van der Waals surface area (Å²) in [7, 11) is -3.31. The maximum Gasteiger partial charge on any atom is 0.367 e. The van der Waals surface area contributed by atoms with Crippen LogP contribution in [0.2, 0.25) is 0 Å². The lowest BCUT2D eigenvalue weighted by molar-refractivity contribution is -0.143. The molecule has 0 radical (unpaired) electrons. The van der Waals surface area contributed by atoms with Crippen molar-refractivity contribution in [2.45, 2.75) is 32.0 Å². The number of hydrogen-bond acceptors (Lipinski definition) is 5. The van der Waals surface area contributed by atoms with Gasteiger partial charge in [-0.05, 0) is 27.7 Å². The van der Waals surface area contributed by atoms with Crippen LogP contribution >= 0.6 is 23.5 Å². The number of halogens is 1. The normalized spacial score (nSPS) is 12.6. The van der Waals surface area contributed by atoms with Crippen LogP contribution in [0.5, 0.6) is 0 Å². The van der Waals surface area contributed by atoms with Gasteiger partial charge in [0.25, 0.3) is 0 Å². The molecule has 16 heavy (non-hydrogen) atoms. The Hall–Kier alpha value is 0.1000. The lowest BCUT2D eigenvalue weighted by Crippen LogP contribution is -2.27. The minimum atomic E-state index is -3.31. The van der Waals surface area contributed by atoms with E-state index in [-0.39, 0.29) is 19.6 Å². The number of esters is 1. The largest absolute Gasteiger partial charge is 0.452 e. The summed E-state index contributed by atoms with van der Waals surface area (Å²) in [6.45, 7) is 7.16. The Morgan fingerprint density at radius 2 is 1.69 bits per heavy atom. The third-order valence-corrected chi connectivity index (χ3v) is 3.56. The smallest absolute Gasteiger partial charge is 0.367 e. The van der Waals surface area contributed by atoms with Gasteiger partial charge in [-0.2, -0.15) is 0 Å². The number of carbonyl (C=O) groups excluding carboxylic acids is 1. The van der Waals surface area contributed by atoms with Gasteiger partial charge in [0.2, 0.25) is 0 Å². The van der Waals surface area contributed by atoms with E-state index in [0.717, 1.165) is 0 Å². The Morgan fingerprint density at radius 3 is 2.00 bits per heavy atom. The summed E-state index contributed by atoms with van der Waals surface area (Å²) < 4.78 is 25.9. The number of rotatable bonds is 7. The van der Waals surface area contributed by atoms with Gasteiger partial charge in [0.15, 0.2) is 6.35 Å². The molecular weight excluding hydrogens is 299 g/mol. The van der Waals surface area contributed by atoms with Gasteiger partial charge < -0.3 is 13.8 Å². The summed E-state index contributed by atoms with van der Waals surface area (Å²) >= 11 is 3.14. The molecule has 0 amide bonds. The molecule has 0 spiro atoms. The Bertz CT molecular complexity index is 264. The molecular formula is C9H18BrO5P. The zero-order valence-electron chi connectivity index (χ0n) is 9.99. The van der Waals surface area contributed by atoms with Gasteiger partial charge in [-0.1, -0.05) is 15.9 Å². The summed E-state index contributed by atoms with van der Waals surface area (Å²) in [5.41, 5.74) is 0. The summed E-state index contributed by atoms with van der Waals surface area (Å²) in [6.07, 6.45) is -0.359. The van der Waals surface area contributed by atoms with E-state index in [1.165, 1.54) is 0 Å². The highest BCUT2D eigenvalue weighted by Gasteiger charge is 2.31. The summed E-state index contributed by atoms with van der Waals surface area (Å²) in [6, 6.07) is 0. The molecule has 0 aromatic rings. The van der Waals surface area contributed by atoms with Crippen molar-refractivity contribution in [1.29, 1.82) is 0 Å². The van der Waals surface area contributed by atoms with Gasteiger partial charge in [0.05, 0.1) is 13.2 Å². The van der Waals surface area contributed by atoms with E-state index in [1.807, 2.05) is 0 Å². The third kappa shape index (κ3) is 5.99. The van der Waals surface area contributed by atoms with E-state index in [4.69, 9.17) is 13.8 Å². The molecule has 0 saturated heterocycles. The average molecular weight is 317 g/mol. The summed E-state index contributed by atoms with van der Waals surface area (Å²) in [4.78, 5) is 11.4. The second-order valence-electron chi connectivity index (χ2n) is 3.48. The van der Waals surface area contributed by atoms with Gasteiger partial charge >= 0.3 is 13.6 Å². The first-order chi connectivity index (χ1) is 7.25. The van der Waals surface area contributed by atoms with Crippen LogP contribution in [0.25, 0.3) is 0 Å². The van der Waals surface area contributed by atoms with Crippen LogP contribution in [-0.4, -0.2) is 29.9 Å². The first-order valence-electron chi connectivity index (χ1n) is 4.99. The topological polar surface area (TPSA) is 61.8 Å². The number of carbonyl (C=O) groups is 1. The molecule has 0 saturated carbocycles. The van der Waals surface area contributed by atoms with Crippen molar-refractivity contribution in [3.8, 4) is 0 Å². The molecule has 0 unspecified atom stereocenters. The Kier molecular flexibility index (Phi) is 6.79. The SMILES string of the molecule is CCOP(=O)(COC(=O)C(C)(C)Br)OCC. The molecule has 0 heterocycles. The van der Waals surface area contributed by atoms with Crippen molar-refractivity contribution in [3.63, 3.8) is 0 Å². The van der Waals surface area contributed by atoms with E-state index in [1.54, 1.807) is 27.7 Å². The van der Waals surface area contributed by atoms with Gasteiger partial charge in [0.1, 0.15) is 4.32 Å². The Labute approximate surface area is 104 Å². The van der Waals surface area contributed by atoms with E-state index in [9.17, 15) is 9.36 Å². The monoisotopic (exact) mass is 316 g/mol. The second kappa shape index (κ2) is 6.74. The molecule has 0 fully saturated rings. The second-order valence-corrected chi connectivity index (χ2v) is 7.46. The fourth-order valence-corrected chi connectivity index (χ4v) is 2.21. The quantitative estimate of drug-likeness (QED) is 0.410. The predicted octanol–water partition coefficient (Wildman–Crippen LogP) is 2.93. The number of ether oxygens (including phenoxy) is 1. The molecule has 0 aliphatic rings. The van der Waals surface area contributed by atoms with Gasteiger partial charge in [-0.3, -0.25) is 9.36 Å². The van der Waals surface area contributed by atoms with Gasteiger partial charge in [-0.25, -0.2) is 0 Å². The van der Waals surface area contributed by atoms with Crippen LogP contribution < -0.4 is 0 Å². The van der Waals surface area contributed by atoms with Gasteiger partial charge in [-0.15, -0.1) is 0 Å². The molecule has 7 heteroatoms. The highest BCUT2D eigenvalue weighted by molar-refractivity contribution is 9.10. The molecule has 5 nitrogen and oxygen atoms in total. The maximum absolute atomic E-state index is 11.9. The first-order valence-corrected chi connectivity index (χ1v) is 7.51. The molecule has 0 bridgehead atoms. The lowest BCUT2D eigenvalue weighted by atomic mass is 10.2. The van der Waals surface area contributed by atoms with Crippen molar-refractivity contribution in [1.82, 2.24) is 0 Å². The van der Waals surface area contributed by atoms with Crippen LogP contribution in [0.4, 0.5) is 0 Å². The lowest BCUT2D eigenvalue weighted by Gasteiger charge is -2.19. The van der Waals surface area contributed by atoms with Crippen molar-refractivity contribution < 1.29 is 23.1 Å². The first kappa shape index (κ1) is 16.1. The third-order valence-electron chi connectivity index (χ3n) is 1.49. The minimum Gasteiger partial charge on any atom is -0.452 e. The number of alkyl halides is 1. The fraction of sp³-hybridized carbons (Fsp3) is 0.889. The molecule has 0 atom stereocenters. The van der Waals surface area contributed by atoms with E-state index >= 15 is 0 Å². The minimum absolute atomic E-state index is 0.243. The Morgan fingerprint density at radius 1 is 1.25 bits per heavy atom. The molecule has 0 aliphatic heterocycles. The van der Waals surface area contributed by atoms with Crippen molar-refractivity contribution >= 4 is 29.5 Å². The van der Waals surface area contributed by atoms with Crippen LogP contribution in [0, 0.1) is 0 Å². The highest BCUT2D eigenvalue weighted by atomic mass is 79.9. The maximum atomic E-state index is 11.9. The van der Waals surface area contributed by atoms with E-state index in [2.05, 4.69) is 15.9 Å². The van der Waals surface area contributed by atoms with Crippen molar-refractivity contribution in [2.24, 2.45) is 0 Å². The van der Waals surface area contributed by atoms with E-state index < -0.39 is 17.9 Å². The zero-order valence-corrected chi connectivity index (χ0v) is 12.5.